The zero-order valence-electron chi connectivity index (χ0n) is 19.9. The van der Waals surface area contributed by atoms with E-state index >= 15 is 0 Å². The number of hydrogen-bond acceptors (Lipinski definition) is 8. The molecular formula is C25H19F4N5O3S2. The molecule has 0 amide bonds. The van der Waals surface area contributed by atoms with Crippen LogP contribution in [0, 0.1) is 5.82 Å². The van der Waals surface area contributed by atoms with Crippen LogP contribution in [0.5, 0.6) is 5.75 Å². The third-order valence-electron chi connectivity index (χ3n) is 5.79. The Labute approximate surface area is 223 Å². The standard InChI is InChI=1S/C25H19F4N5O3S2/c26-18-7-2-15(14-20(18)35)21-22(34-11-12-38-24(34)33-21)19-8-10-31-23(32-19)30-9-1-13-39(36,37)17-5-3-16(4-6-17)25(27,28)29/h2-8,10-12,14,35H,1,9,13H2,(H,30,31,32). The number of anilines is 1. The minimum atomic E-state index is -4.55. The fourth-order valence-electron chi connectivity index (χ4n) is 3.90. The first-order chi connectivity index (χ1) is 18.5. The smallest absolute Gasteiger partial charge is 0.416 e. The van der Waals surface area contributed by atoms with Crippen LogP contribution in [-0.4, -0.2) is 45.2 Å². The van der Waals surface area contributed by atoms with Gasteiger partial charge in [0.2, 0.25) is 5.95 Å². The van der Waals surface area contributed by atoms with Gasteiger partial charge in [-0.2, -0.15) is 13.2 Å². The number of sulfone groups is 1. The van der Waals surface area contributed by atoms with Crippen LogP contribution in [0.4, 0.5) is 23.5 Å². The van der Waals surface area contributed by atoms with Crippen molar-refractivity contribution < 1.29 is 31.1 Å². The second-order valence-corrected chi connectivity index (χ2v) is 11.4. The topological polar surface area (TPSA) is 109 Å². The highest BCUT2D eigenvalue weighted by molar-refractivity contribution is 7.91. The van der Waals surface area contributed by atoms with Crippen molar-refractivity contribution in [1.82, 2.24) is 19.4 Å². The highest BCUT2D eigenvalue weighted by atomic mass is 32.2. The average molecular weight is 578 g/mol. The maximum Gasteiger partial charge on any atom is 0.416 e. The summed E-state index contributed by atoms with van der Waals surface area (Å²) < 4.78 is 78.8. The van der Waals surface area contributed by atoms with Gasteiger partial charge in [-0.1, -0.05) is 0 Å². The van der Waals surface area contributed by atoms with Gasteiger partial charge >= 0.3 is 6.18 Å². The second-order valence-electron chi connectivity index (χ2n) is 8.42. The molecular weight excluding hydrogens is 558 g/mol. The monoisotopic (exact) mass is 577 g/mol. The number of nitrogens with zero attached hydrogens (tertiary/aromatic N) is 4. The molecule has 0 aliphatic rings. The number of phenols is 1. The van der Waals surface area contributed by atoms with Gasteiger partial charge in [0.25, 0.3) is 0 Å². The normalized spacial score (nSPS) is 12.2. The molecule has 39 heavy (non-hydrogen) atoms. The van der Waals surface area contributed by atoms with E-state index in [9.17, 15) is 31.1 Å². The van der Waals surface area contributed by atoms with E-state index in [2.05, 4.69) is 20.3 Å². The van der Waals surface area contributed by atoms with E-state index in [1.54, 1.807) is 12.3 Å². The van der Waals surface area contributed by atoms with E-state index in [0.29, 0.717) is 27.6 Å². The van der Waals surface area contributed by atoms with Gasteiger partial charge in [0, 0.05) is 29.9 Å². The Hall–Kier alpha value is -4.04. The first-order valence-corrected chi connectivity index (χ1v) is 14.0. The lowest BCUT2D eigenvalue weighted by Gasteiger charge is -2.10. The van der Waals surface area contributed by atoms with Crippen molar-refractivity contribution in [2.24, 2.45) is 0 Å². The predicted molar refractivity (Wildman–Crippen MR) is 138 cm³/mol. The first kappa shape index (κ1) is 26.6. The third kappa shape index (κ3) is 5.56. The predicted octanol–water partition coefficient (Wildman–Crippen LogP) is 5.66. The molecule has 2 aromatic carbocycles. The molecule has 3 aromatic heterocycles. The Morgan fingerprint density at radius 3 is 2.54 bits per heavy atom. The van der Waals surface area contributed by atoms with Crippen LogP contribution in [0.2, 0.25) is 0 Å². The summed E-state index contributed by atoms with van der Waals surface area (Å²) in [4.78, 5) is 13.8. The summed E-state index contributed by atoms with van der Waals surface area (Å²) in [6.45, 7) is 0.183. The van der Waals surface area contributed by atoms with Gasteiger partial charge in [-0.05, 0) is 55.0 Å². The van der Waals surface area contributed by atoms with Crippen molar-refractivity contribution >= 4 is 32.1 Å². The molecule has 0 aliphatic carbocycles. The Balaban J connectivity index is 1.31. The summed E-state index contributed by atoms with van der Waals surface area (Å²) in [7, 11) is -3.79. The van der Waals surface area contributed by atoms with Crippen molar-refractivity contribution in [3.05, 3.63) is 77.7 Å². The fourth-order valence-corrected chi connectivity index (χ4v) is 5.92. The van der Waals surface area contributed by atoms with Crippen LogP contribution < -0.4 is 5.32 Å². The molecule has 5 aromatic rings. The Morgan fingerprint density at radius 2 is 1.82 bits per heavy atom. The lowest BCUT2D eigenvalue weighted by molar-refractivity contribution is -0.137. The molecule has 0 bridgehead atoms. The van der Waals surface area contributed by atoms with Crippen LogP contribution in [-0.2, 0) is 16.0 Å². The molecule has 0 fully saturated rings. The molecule has 0 saturated carbocycles. The van der Waals surface area contributed by atoms with Crippen LogP contribution in [0.25, 0.3) is 27.6 Å². The van der Waals surface area contributed by atoms with Crippen LogP contribution in [0.15, 0.2) is 71.2 Å². The molecule has 2 N–H and O–H groups in total. The molecule has 3 heterocycles. The molecule has 0 aliphatic heterocycles. The summed E-state index contributed by atoms with van der Waals surface area (Å²) in [6, 6.07) is 8.98. The number of hydrogen-bond donors (Lipinski definition) is 2. The number of aromatic nitrogens is 4. The van der Waals surface area contributed by atoms with Gasteiger partial charge in [0.1, 0.15) is 5.69 Å². The molecule has 0 unspecified atom stereocenters. The second kappa shape index (κ2) is 10.3. The molecule has 0 radical (unpaired) electrons. The largest absolute Gasteiger partial charge is 0.505 e. The van der Waals surface area contributed by atoms with E-state index in [4.69, 9.17) is 0 Å². The van der Waals surface area contributed by atoms with Gasteiger partial charge in [-0.15, -0.1) is 11.3 Å². The lowest BCUT2D eigenvalue weighted by Crippen LogP contribution is -2.13. The molecule has 14 heteroatoms. The lowest BCUT2D eigenvalue weighted by atomic mass is 10.1. The van der Waals surface area contributed by atoms with Gasteiger partial charge in [-0.3, -0.25) is 4.40 Å². The Kier molecular flexibility index (Phi) is 6.99. The van der Waals surface area contributed by atoms with Gasteiger partial charge in [-0.25, -0.2) is 27.8 Å². The maximum atomic E-state index is 13.6. The number of aromatic hydroxyl groups is 1. The summed E-state index contributed by atoms with van der Waals surface area (Å²) in [6.07, 6.45) is -1.08. The number of thiazole rings is 1. The minimum absolute atomic E-state index is 0.151. The van der Waals surface area contributed by atoms with Crippen LogP contribution in [0.1, 0.15) is 12.0 Å². The molecule has 0 atom stereocenters. The van der Waals surface area contributed by atoms with Crippen molar-refractivity contribution in [1.29, 1.82) is 0 Å². The molecule has 0 saturated heterocycles. The Morgan fingerprint density at radius 1 is 1.05 bits per heavy atom. The molecule has 202 valence electrons. The number of benzene rings is 2. The number of nitrogens with one attached hydrogen (secondary N) is 1. The summed E-state index contributed by atoms with van der Waals surface area (Å²) >= 11 is 1.39. The summed E-state index contributed by atoms with van der Waals surface area (Å²) in [5, 5.41) is 14.7. The van der Waals surface area contributed by atoms with E-state index in [1.165, 1.54) is 29.7 Å². The number of halogens is 4. The quantitative estimate of drug-likeness (QED) is 0.181. The minimum Gasteiger partial charge on any atom is -0.505 e. The maximum absolute atomic E-state index is 13.6. The zero-order chi connectivity index (χ0) is 27.8. The summed E-state index contributed by atoms with van der Waals surface area (Å²) in [5.41, 5.74) is 1.12. The molecule has 0 spiro atoms. The van der Waals surface area contributed by atoms with E-state index in [0.717, 1.165) is 30.3 Å². The van der Waals surface area contributed by atoms with Crippen LogP contribution in [0.3, 0.4) is 0 Å². The van der Waals surface area contributed by atoms with Crippen molar-refractivity contribution in [3.8, 4) is 28.4 Å². The first-order valence-electron chi connectivity index (χ1n) is 11.4. The Bertz CT molecular complexity index is 1750. The van der Waals surface area contributed by atoms with Gasteiger partial charge < -0.3 is 10.4 Å². The number of fused-ring (bicyclic) bond motifs is 1. The number of alkyl halides is 3. The number of imidazole rings is 1. The van der Waals surface area contributed by atoms with Gasteiger partial charge in [0.05, 0.1) is 27.6 Å². The van der Waals surface area contributed by atoms with Crippen molar-refractivity contribution in [2.75, 3.05) is 17.6 Å². The molecule has 8 nitrogen and oxygen atoms in total. The highest BCUT2D eigenvalue weighted by Gasteiger charge is 2.30. The van der Waals surface area contributed by atoms with Crippen LogP contribution >= 0.6 is 11.3 Å². The summed E-state index contributed by atoms with van der Waals surface area (Å²) in [5.74, 6) is -1.33. The average Bonchev–Trinajstić information content (AvgIpc) is 3.50. The van der Waals surface area contributed by atoms with Crippen molar-refractivity contribution in [3.63, 3.8) is 0 Å². The van der Waals surface area contributed by atoms with E-state index < -0.39 is 33.1 Å². The third-order valence-corrected chi connectivity index (χ3v) is 8.37. The SMILES string of the molecule is O=S(=O)(CCCNc1nccc(-c2c(-c3ccc(F)c(O)c3)nc3sccn23)n1)c1ccc(C(F)(F)F)cc1. The highest BCUT2D eigenvalue weighted by Crippen LogP contribution is 2.35. The molecule has 5 rings (SSSR count). The van der Waals surface area contributed by atoms with Crippen molar-refractivity contribution in [2.45, 2.75) is 17.5 Å². The zero-order valence-corrected chi connectivity index (χ0v) is 21.5. The van der Waals surface area contributed by atoms with E-state index in [1.807, 2.05) is 9.78 Å². The number of rotatable bonds is 8. The fraction of sp³-hybridized carbons (Fsp3) is 0.160. The van der Waals surface area contributed by atoms with E-state index in [-0.39, 0.29) is 29.6 Å². The number of phenolic OH excluding ortho intramolecular Hbond substituents is 1. The van der Waals surface area contributed by atoms with Gasteiger partial charge in [0.15, 0.2) is 26.4 Å².